The molecule has 6 heteroatoms. The molecule has 0 aliphatic heterocycles. The highest BCUT2D eigenvalue weighted by Gasteiger charge is 1.98. The first-order valence-corrected chi connectivity index (χ1v) is 5.87. The summed E-state index contributed by atoms with van der Waals surface area (Å²) in [4.78, 5) is 22.1. The number of thiazole rings is 1. The van der Waals surface area contributed by atoms with Gasteiger partial charge in [0.15, 0.2) is 0 Å². The molecule has 0 saturated carbocycles. The van der Waals surface area contributed by atoms with Gasteiger partial charge in [-0.15, -0.1) is 11.3 Å². The van der Waals surface area contributed by atoms with Gasteiger partial charge in [0.25, 0.3) is 5.56 Å². The first-order valence-electron chi connectivity index (χ1n) is 4.93. The molecule has 0 unspecified atom stereocenters. The van der Waals surface area contributed by atoms with Crippen molar-refractivity contribution in [1.29, 1.82) is 0 Å². The maximum atomic E-state index is 11.2. The highest BCUT2D eigenvalue weighted by molar-refractivity contribution is 7.07. The van der Waals surface area contributed by atoms with Crippen molar-refractivity contribution in [2.75, 3.05) is 11.9 Å². The zero-order valence-corrected chi connectivity index (χ0v) is 9.67. The Morgan fingerprint density at radius 2 is 2.44 bits per heavy atom. The maximum absolute atomic E-state index is 11.2. The highest BCUT2D eigenvalue weighted by Crippen LogP contribution is 2.03. The lowest BCUT2D eigenvalue weighted by Crippen LogP contribution is -2.13. The molecule has 0 aliphatic rings. The van der Waals surface area contributed by atoms with E-state index in [1.54, 1.807) is 18.3 Å². The topological polar surface area (TPSA) is 70.7 Å². The number of hydrogen-bond acceptors (Lipinski definition) is 5. The van der Waals surface area contributed by atoms with Crippen molar-refractivity contribution in [3.63, 3.8) is 0 Å². The van der Waals surface area contributed by atoms with E-state index in [-0.39, 0.29) is 5.56 Å². The van der Waals surface area contributed by atoms with Gasteiger partial charge >= 0.3 is 0 Å². The third-order valence-electron chi connectivity index (χ3n) is 2.03. The fourth-order valence-corrected chi connectivity index (χ4v) is 1.94. The van der Waals surface area contributed by atoms with Gasteiger partial charge in [-0.05, 0) is 6.92 Å². The van der Waals surface area contributed by atoms with E-state index >= 15 is 0 Å². The van der Waals surface area contributed by atoms with Crippen LogP contribution in [0.5, 0.6) is 0 Å². The molecule has 16 heavy (non-hydrogen) atoms. The fourth-order valence-electron chi connectivity index (χ4n) is 1.35. The monoisotopic (exact) mass is 236 g/mol. The van der Waals surface area contributed by atoms with Crippen molar-refractivity contribution >= 4 is 17.2 Å². The molecular formula is C10H12N4OS. The molecule has 0 aliphatic carbocycles. The van der Waals surface area contributed by atoms with Gasteiger partial charge in [-0.2, -0.15) is 0 Å². The van der Waals surface area contributed by atoms with Crippen LogP contribution in [0.4, 0.5) is 5.82 Å². The minimum atomic E-state index is -0.136. The Kier molecular flexibility index (Phi) is 3.31. The van der Waals surface area contributed by atoms with E-state index in [0.717, 1.165) is 18.7 Å². The summed E-state index contributed by atoms with van der Waals surface area (Å²) in [6.45, 7) is 2.48. The van der Waals surface area contributed by atoms with Crippen molar-refractivity contribution < 1.29 is 0 Å². The minimum absolute atomic E-state index is 0.136. The number of aromatic amines is 1. The Labute approximate surface area is 96.6 Å². The first-order chi connectivity index (χ1) is 7.74. The van der Waals surface area contributed by atoms with E-state index in [4.69, 9.17) is 0 Å². The Morgan fingerprint density at radius 3 is 3.12 bits per heavy atom. The van der Waals surface area contributed by atoms with Crippen molar-refractivity contribution in [3.8, 4) is 0 Å². The summed E-state index contributed by atoms with van der Waals surface area (Å²) in [6, 6.07) is 1.45. The van der Waals surface area contributed by atoms with Crippen molar-refractivity contribution in [3.05, 3.63) is 38.8 Å². The zero-order valence-electron chi connectivity index (χ0n) is 8.86. The van der Waals surface area contributed by atoms with E-state index in [9.17, 15) is 4.79 Å². The number of nitrogens with zero attached hydrogens (tertiary/aromatic N) is 2. The van der Waals surface area contributed by atoms with E-state index in [0.29, 0.717) is 11.6 Å². The molecule has 0 radical (unpaired) electrons. The average molecular weight is 236 g/mol. The molecule has 0 fully saturated rings. The fraction of sp³-hybridized carbons (Fsp3) is 0.300. The molecule has 2 aromatic rings. The van der Waals surface area contributed by atoms with Crippen LogP contribution in [0.15, 0.2) is 21.8 Å². The summed E-state index contributed by atoms with van der Waals surface area (Å²) < 4.78 is 0. The Hall–Kier alpha value is -1.69. The molecule has 0 saturated heterocycles. The molecule has 0 atom stereocenters. The average Bonchev–Trinajstić information content (AvgIpc) is 2.69. The number of rotatable bonds is 4. The van der Waals surface area contributed by atoms with Crippen LogP contribution in [0.1, 0.15) is 11.5 Å². The van der Waals surface area contributed by atoms with Crippen molar-refractivity contribution in [2.24, 2.45) is 0 Å². The van der Waals surface area contributed by atoms with Crippen LogP contribution in [0.2, 0.25) is 0 Å². The summed E-state index contributed by atoms with van der Waals surface area (Å²) in [5.74, 6) is 1.22. The molecule has 2 N–H and O–H groups in total. The van der Waals surface area contributed by atoms with Crippen LogP contribution in [-0.4, -0.2) is 21.5 Å². The van der Waals surface area contributed by atoms with E-state index in [2.05, 4.69) is 20.3 Å². The van der Waals surface area contributed by atoms with Crippen LogP contribution >= 0.6 is 11.3 Å². The summed E-state index contributed by atoms with van der Waals surface area (Å²) in [5, 5.41) is 5.11. The second-order valence-corrected chi connectivity index (χ2v) is 4.09. The van der Waals surface area contributed by atoms with E-state index in [1.165, 1.54) is 6.07 Å². The van der Waals surface area contributed by atoms with Crippen LogP contribution in [-0.2, 0) is 6.42 Å². The molecule has 2 aromatic heterocycles. The molecule has 0 amide bonds. The third-order valence-corrected chi connectivity index (χ3v) is 2.67. The van der Waals surface area contributed by atoms with Gasteiger partial charge in [-0.25, -0.2) is 9.97 Å². The van der Waals surface area contributed by atoms with Gasteiger partial charge in [-0.1, -0.05) is 0 Å². The Balaban J connectivity index is 1.92. The third kappa shape index (κ3) is 2.90. The molecule has 0 spiro atoms. The molecule has 2 rings (SSSR count). The van der Waals surface area contributed by atoms with E-state index < -0.39 is 0 Å². The largest absolute Gasteiger partial charge is 0.369 e. The van der Waals surface area contributed by atoms with Crippen molar-refractivity contribution in [2.45, 2.75) is 13.3 Å². The quantitative estimate of drug-likeness (QED) is 0.836. The molecule has 5 nitrogen and oxygen atoms in total. The number of aryl methyl sites for hydroxylation is 1. The number of hydrogen-bond donors (Lipinski definition) is 2. The standard InChI is InChI=1S/C10H12N4OS/c1-7-13-9(4-10(15)14-7)11-3-2-8-5-16-6-12-8/h4-6H,2-3H2,1H3,(H2,11,13,14,15). The second-order valence-electron chi connectivity index (χ2n) is 3.37. The zero-order chi connectivity index (χ0) is 11.4. The van der Waals surface area contributed by atoms with Gasteiger partial charge in [0.05, 0.1) is 11.2 Å². The minimum Gasteiger partial charge on any atom is -0.369 e. The van der Waals surface area contributed by atoms with Crippen LogP contribution < -0.4 is 10.9 Å². The predicted octanol–water partition coefficient (Wildman–Crippen LogP) is 1.19. The van der Waals surface area contributed by atoms with Gasteiger partial charge in [0.2, 0.25) is 0 Å². The summed E-state index contributed by atoms with van der Waals surface area (Å²) >= 11 is 1.58. The summed E-state index contributed by atoms with van der Waals surface area (Å²) in [6.07, 6.45) is 0.830. The van der Waals surface area contributed by atoms with Crippen molar-refractivity contribution in [1.82, 2.24) is 15.0 Å². The molecular weight excluding hydrogens is 224 g/mol. The van der Waals surface area contributed by atoms with Gasteiger partial charge < -0.3 is 10.3 Å². The molecule has 0 bridgehead atoms. The lowest BCUT2D eigenvalue weighted by atomic mass is 10.3. The Morgan fingerprint density at radius 1 is 1.56 bits per heavy atom. The molecule has 0 aromatic carbocycles. The SMILES string of the molecule is Cc1nc(NCCc2cscn2)cc(=O)[nH]1. The summed E-state index contributed by atoms with van der Waals surface area (Å²) in [5.41, 5.74) is 2.73. The van der Waals surface area contributed by atoms with Crippen LogP contribution in [0.3, 0.4) is 0 Å². The number of H-pyrrole nitrogens is 1. The maximum Gasteiger partial charge on any atom is 0.252 e. The molecule has 84 valence electrons. The lowest BCUT2D eigenvalue weighted by molar-refractivity contribution is 0.948. The highest BCUT2D eigenvalue weighted by atomic mass is 32.1. The van der Waals surface area contributed by atoms with Gasteiger partial charge in [-0.3, -0.25) is 4.79 Å². The van der Waals surface area contributed by atoms with E-state index in [1.807, 2.05) is 10.9 Å². The normalized spacial score (nSPS) is 10.3. The number of nitrogens with one attached hydrogen (secondary N) is 2. The lowest BCUT2D eigenvalue weighted by Gasteiger charge is -2.04. The van der Waals surface area contributed by atoms with Crippen LogP contribution in [0.25, 0.3) is 0 Å². The Bertz CT molecular complexity index is 506. The predicted molar refractivity (Wildman–Crippen MR) is 63.9 cm³/mol. The number of aromatic nitrogens is 3. The van der Waals surface area contributed by atoms with Crippen LogP contribution in [0, 0.1) is 6.92 Å². The van der Waals surface area contributed by atoms with Gasteiger partial charge in [0, 0.05) is 24.4 Å². The molecule has 2 heterocycles. The second kappa shape index (κ2) is 4.89. The first kappa shape index (κ1) is 10.8. The smallest absolute Gasteiger partial charge is 0.252 e. The number of anilines is 1. The summed E-state index contributed by atoms with van der Waals surface area (Å²) in [7, 11) is 0. The van der Waals surface area contributed by atoms with Gasteiger partial charge in [0.1, 0.15) is 11.6 Å².